The summed E-state index contributed by atoms with van der Waals surface area (Å²) in [6.45, 7) is 6.60. The van der Waals surface area contributed by atoms with Gasteiger partial charge in [-0.1, -0.05) is 6.92 Å². The largest absolute Gasteiger partial charge is 0.356 e. The summed E-state index contributed by atoms with van der Waals surface area (Å²) in [5.41, 5.74) is -0.454. The maximum atomic E-state index is 11.6. The van der Waals surface area contributed by atoms with Crippen LogP contribution in [0.4, 0.5) is 0 Å². The first-order valence-electron chi connectivity index (χ1n) is 4.81. The van der Waals surface area contributed by atoms with E-state index >= 15 is 0 Å². The number of halogens is 1. The lowest BCUT2D eigenvalue weighted by molar-refractivity contribution is -0.128. The van der Waals surface area contributed by atoms with Crippen LogP contribution in [0.25, 0.3) is 0 Å². The highest BCUT2D eigenvalue weighted by molar-refractivity contribution is 7.99. The van der Waals surface area contributed by atoms with Crippen molar-refractivity contribution in [2.45, 2.75) is 32.4 Å². The number of amides is 1. The first-order chi connectivity index (χ1) is 6.44. The summed E-state index contributed by atoms with van der Waals surface area (Å²) in [7, 11) is 0. The van der Waals surface area contributed by atoms with Gasteiger partial charge in [0, 0.05) is 17.7 Å². The number of alkyl halides is 1. The Morgan fingerprint density at radius 1 is 1.57 bits per heavy atom. The van der Waals surface area contributed by atoms with Crippen molar-refractivity contribution in [1.82, 2.24) is 5.32 Å². The zero-order valence-electron chi connectivity index (χ0n) is 9.39. The van der Waals surface area contributed by atoms with Crippen molar-refractivity contribution in [3.8, 4) is 0 Å². The molecule has 14 heavy (non-hydrogen) atoms. The quantitative estimate of drug-likeness (QED) is 0.720. The van der Waals surface area contributed by atoms with Gasteiger partial charge in [0.15, 0.2) is 0 Å². The molecular weight excluding hydrogens is 218 g/mol. The number of rotatable bonds is 6. The molecule has 0 aliphatic heterocycles. The fourth-order valence-corrected chi connectivity index (χ4v) is 1.28. The Hall–Kier alpha value is 0.110. The van der Waals surface area contributed by atoms with Gasteiger partial charge in [0.25, 0.3) is 0 Å². The third-order valence-electron chi connectivity index (χ3n) is 2.19. The molecular formula is C10H20ClNOS. The smallest absolute Gasteiger partial charge is 0.226 e. The minimum atomic E-state index is -0.454. The lowest BCUT2D eigenvalue weighted by Gasteiger charge is -2.20. The Morgan fingerprint density at radius 3 is 2.57 bits per heavy atom. The molecule has 0 saturated heterocycles. The zero-order chi connectivity index (χ0) is 11.2. The Balaban J connectivity index is 3.75. The van der Waals surface area contributed by atoms with Crippen molar-refractivity contribution in [3.63, 3.8) is 0 Å². The van der Waals surface area contributed by atoms with Crippen molar-refractivity contribution in [2.24, 2.45) is 5.41 Å². The molecule has 1 N–H and O–H groups in total. The molecule has 0 aromatic heterocycles. The fraction of sp³-hybridized carbons (Fsp3) is 0.900. The van der Waals surface area contributed by atoms with Crippen LogP contribution in [0.15, 0.2) is 0 Å². The van der Waals surface area contributed by atoms with Gasteiger partial charge in [0.2, 0.25) is 5.91 Å². The van der Waals surface area contributed by atoms with Crippen LogP contribution < -0.4 is 5.32 Å². The van der Waals surface area contributed by atoms with E-state index in [9.17, 15) is 4.79 Å². The standard InChI is InChI=1S/C10H20ClNOS/c1-8(14-4)5-6-12-9(13)10(2,3)7-11/h8H,5-7H2,1-4H3,(H,12,13). The van der Waals surface area contributed by atoms with E-state index in [0.717, 1.165) is 13.0 Å². The Bertz CT molecular complexity index is 185. The molecule has 0 radical (unpaired) electrons. The van der Waals surface area contributed by atoms with Gasteiger partial charge < -0.3 is 5.32 Å². The van der Waals surface area contributed by atoms with Gasteiger partial charge in [-0.3, -0.25) is 4.79 Å². The number of carbonyl (C=O) groups is 1. The molecule has 0 rings (SSSR count). The number of hydrogen-bond acceptors (Lipinski definition) is 2. The third kappa shape index (κ3) is 5.11. The van der Waals surface area contributed by atoms with Crippen molar-refractivity contribution >= 4 is 29.3 Å². The second kappa shape index (κ2) is 6.57. The summed E-state index contributed by atoms with van der Waals surface area (Å²) >= 11 is 7.50. The number of thioether (sulfide) groups is 1. The van der Waals surface area contributed by atoms with E-state index in [4.69, 9.17) is 11.6 Å². The van der Waals surface area contributed by atoms with Crippen LogP contribution in [0.5, 0.6) is 0 Å². The first kappa shape index (κ1) is 14.1. The maximum Gasteiger partial charge on any atom is 0.226 e. The van der Waals surface area contributed by atoms with E-state index in [2.05, 4.69) is 18.5 Å². The van der Waals surface area contributed by atoms with Crippen LogP contribution in [0.2, 0.25) is 0 Å². The number of nitrogens with one attached hydrogen (secondary N) is 1. The molecule has 0 aliphatic carbocycles. The van der Waals surface area contributed by atoms with E-state index in [1.54, 1.807) is 0 Å². The molecule has 0 heterocycles. The van der Waals surface area contributed by atoms with Gasteiger partial charge in [-0.2, -0.15) is 11.8 Å². The minimum absolute atomic E-state index is 0.0424. The van der Waals surface area contributed by atoms with Crippen LogP contribution in [0.3, 0.4) is 0 Å². The lowest BCUT2D eigenvalue weighted by Crippen LogP contribution is -2.39. The highest BCUT2D eigenvalue weighted by Gasteiger charge is 2.25. The van der Waals surface area contributed by atoms with Crippen molar-refractivity contribution in [3.05, 3.63) is 0 Å². The van der Waals surface area contributed by atoms with Crippen molar-refractivity contribution in [1.29, 1.82) is 0 Å². The SMILES string of the molecule is CSC(C)CCNC(=O)C(C)(C)CCl. The van der Waals surface area contributed by atoms with E-state index < -0.39 is 5.41 Å². The summed E-state index contributed by atoms with van der Waals surface area (Å²) in [4.78, 5) is 11.6. The second-order valence-corrected chi connectivity index (χ2v) is 5.65. The van der Waals surface area contributed by atoms with Crippen molar-refractivity contribution < 1.29 is 4.79 Å². The van der Waals surface area contributed by atoms with Gasteiger partial charge in [0.1, 0.15) is 0 Å². The number of carbonyl (C=O) groups excluding carboxylic acids is 1. The van der Waals surface area contributed by atoms with Crippen molar-refractivity contribution in [2.75, 3.05) is 18.7 Å². The fourth-order valence-electron chi connectivity index (χ4n) is 0.807. The van der Waals surface area contributed by atoms with Gasteiger partial charge in [-0.25, -0.2) is 0 Å². The molecule has 4 heteroatoms. The zero-order valence-corrected chi connectivity index (χ0v) is 11.0. The summed E-state index contributed by atoms with van der Waals surface area (Å²) in [6, 6.07) is 0. The maximum absolute atomic E-state index is 11.6. The van der Waals surface area contributed by atoms with Crippen LogP contribution >= 0.6 is 23.4 Å². The molecule has 1 atom stereocenters. The molecule has 0 bridgehead atoms. The molecule has 0 fully saturated rings. The molecule has 0 spiro atoms. The summed E-state index contributed by atoms with van der Waals surface area (Å²) in [6.07, 6.45) is 3.08. The molecule has 1 unspecified atom stereocenters. The van der Waals surface area contributed by atoms with E-state index in [1.807, 2.05) is 25.6 Å². The summed E-state index contributed by atoms with van der Waals surface area (Å²) in [5, 5.41) is 3.49. The molecule has 0 aliphatic rings. The minimum Gasteiger partial charge on any atom is -0.356 e. The van der Waals surface area contributed by atoms with Crippen LogP contribution in [-0.4, -0.2) is 29.8 Å². The molecule has 84 valence electrons. The van der Waals surface area contributed by atoms with Crippen LogP contribution in [0, 0.1) is 5.41 Å². The van der Waals surface area contributed by atoms with Gasteiger partial charge in [-0.05, 0) is 26.5 Å². The monoisotopic (exact) mass is 237 g/mol. The third-order valence-corrected chi connectivity index (χ3v) is 3.90. The molecule has 0 aromatic rings. The van der Waals surface area contributed by atoms with E-state index in [-0.39, 0.29) is 5.91 Å². The topological polar surface area (TPSA) is 29.1 Å². The molecule has 0 aromatic carbocycles. The van der Waals surface area contributed by atoms with Crippen LogP contribution in [-0.2, 0) is 4.79 Å². The van der Waals surface area contributed by atoms with E-state index in [0.29, 0.717) is 11.1 Å². The Kier molecular flexibility index (Phi) is 6.62. The summed E-state index contributed by atoms with van der Waals surface area (Å²) in [5.74, 6) is 0.400. The first-order valence-corrected chi connectivity index (χ1v) is 6.63. The van der Waals surface area contributed by atoms with Gasteiger partial charge in [-0.15, -0.1) is 11.6 Å². The highest BCUT2D eigenvalue weighted by Crippen LogP contribution is 2.17. The highest BCUT2D eigenvalue weighted by atomic mass is 35.5. The van der Waals surface area contributed by atoms with Gasteiger partial charge >= 0.3 is 0 Å². The summed E-state index contributed by atoms with van der Waals surface area (Å²) < 4.78 is 0. The second-order valence-electron chi connectivity index (χ2n) is 4.11. The number of hydrogen-bond donors (Lipinski definition) is 1. The van der Waals surface area contributed by atoms with Crippen LogP contribution in [0.1, 0.15) is 27.2 Å². The normalized spacial score (nSPS) is 13.8. The predicted molar refractivity (Wildman–Crippen MR) is 65.1 cm³/mol. The van der Waals surface area contributed by atoms with Gasteiger partial charge in [0.05, 0.1) is 5.41 Å². The Labute approximate surface area is 96.2 Å². The predicted octanol–water partition coefficient (Wildman–Crippen LogP) is 2.51. The Morgan fingerprint density at radius 2 is 2.14 bits per heavy atom. The average Bonchev–Trinajstić information content (AvgIpc) is 2.17. The van der Waals surface area contributed by atoms with E-state index in [1.165, 1.54) is 0 Å². The lowest BCUT2D eigenvalue weighted by atomic mass is 9.95. The molecule has 1 amide bonds. The molecule has 2 nitrogen and oxygen atoms in total. The average molecular weight is 238 g/mol. The molecule has 0 saturated carbocycles.